The van der Waals surface area contributed by atoms with E-state index in [1.54, 1.807) is 18.2 Å². The molecule has 1 heterocycles. The van der Waals surface area contributed by atoms with Crippen molar-refractivity contribution in [3.63, 3.8) is 0 Å². The van der Waals surface area contributed by atoms with E-state index < -0.39 is 5.79 Å². The minimum Gasteiger partial charge on any atom is -0.449 e. The number of hydrogen-bond donors (Lipinski definition) is 3. The standard InChI is InChI=1S/C13H18N2O4/c1-13(2)18-10-5-4-9(8-11(10)19-13)15-12(17)14-6-3-7-16/h4-5,8,16H,3,6-7H2,1-2H3,(H2,14,15,17). The summed E-state index contributed by atoms with van der Waals surface area (Å²) >= 11 is 0. The van der Waals surface area contributed by atoms with Crippen molar-refractivity contribution in [2.45, 2.75) is 26.1 Å². The summed E-state index contributed by atoms with van der Waals surface area (Å²) in [6, 6.07) is 4.91. The number of fused-ring (bicyclic) bond motifs is 1. The summed E-state index contributed by atoms with van der Waals surface area (Å²) in [7, 11) is 0. The molecule has 1 aromatic rings. The lowest BCUT2D eigenvalue weighted by Gasteiger charge is -2.16. The van der Waals surface area contributed by atoms with Crippen LogP contribution in [0.25, 0.3) is 0 Å². The van der Waals surface area contributed by atoms with Gasteiger partial charge in [-0.2, -0.15) is 0 Å². The van der Waals surface area contributed by atoms with Crippen LogP contribution in [0, 0.1) is 0 Å². The second kappa shape index (κ2) is 5.36. The van der Waals surface area contributed by atoms with Crippen LogP contribution in [0.5, 0.6) is 11.5 Å². The highest BCUT2D eigenvalue weighted by atomic mass is 16.7. The second-order valence-electron chi connectivity index (χ2n) is 4.72. The van der Waals surface area contributed by atoms with Gasteiger partial charge in [0.25, 0.3) is 0 Å². The van der Waals surface area contributed by atoms with Gasteiger partial charge in [-0.25, -0.2) is 4.79 Å². The summed E-state index contributed by atoms with van der Waals surface area (Å²) < 4.78 is 11.1. The van der Waals surface area contributed by atoms with Crippen molar-refractivity contribution in [2.24, 2.45) is 0 Å². The smallest absolute Gasteiger partial charge is 0.319 e. The second-order valence-corrected chi connectivity index (χ2v) is 4.72. The Kier molecular flexibility index (Phi) is 3.80. The molecule has 0 aromatic heterocycles. The molecule has 0 unspecified atom stereocenters. The number of aliphatic hydroxyl groups excluding tert-OH is 1. The molecule has 0 aliphatic carbocycles. The first-order valence-corrected chi connectivity index (χ1v) is 6.18. The SMILES string of the molecule is CC1(C)Oc2ccc(NC(=O)NCCCO)cc2O1. The quantitative estimate of drug-likeness (QED) is 0.725. The third-order valence-electron chi connectivity index (χ3n) is 2.53. The normalized spacial score (nSPS) is 15.1. The predicted molar refractivity (Wildman–Crippen MR) is 70.5 cm³/mol. The fourth-order valence-corrected chi connectivity index (χ4v) is 1.76. The lowest BCUT2D eigenvalue weighted by molar-refractivity contribution is -0.0431. The molecule has 0 fully saturated rings. The maximum Gasteiger partial charge on any atom is 0.319 e. The third-order valence-corrected chi connectivity index (χ3v) is 2.53. The lowest BCUT2D eigenvalue weighted by Crippen LogP contribution is -2.30. The van der Waals surface area contributed by atoms with Crippen LogP contribution in [0.15, 0.2) is 18.2 Å². The van der Waals surface area contributed by atoms with Crippen molar-refractivity contribution in [2.75, 3.05) is 18.5 Å². The van der Waals surface area contributed by atoms with Gasteiger partial charge in [-0.1, -0.05) is 0 Å². The molecule has 19 heavy (non-hydrogen) atoms. The van der Waals surface area contributed by atoms with E-state index in [0.717, 1.165) is 0 Å². The van der Waals surface area contributed by atoms with Crippen molar-refractivity contribution in [3.8, 4) is 11.5 Å². The molecule has 1 aromatic carbocycles. The first kappa shape index (κ1) is 13.5. The number of benzene rings is 1. The number of aliphatic hydroxyl groups is 1. The zero-order chi connectivity index (χ0) is 13.9. The van der Waals surface area contributed by atoms with E-state index in [0.29, 0.717) is 30.2 Å². The van der Waals surface area contributed by atoms with Crippen LogP contribution in [0.3, 0.4) is 0 Å². The van der Waals surface area contributed by atoms with E-state index in [4.69, 9.17) is 14.6 Å². The Bertz CT molecular complexity index is 474. The number of ether oxygens (including phenoxy) is 2. The molecule has 3 N–H and O–H groups in total. The lowest BCUT2D eigenvalue weighted by atomic mass is 10.3. The molecule has 6 nitrogen and oxygen atoms in total. The van der Waals surface area contributed by atoms with Gasteiger partial charge in [-0.3, -0.25) is 0 Å². The Labute approximate surface area is 111 Å². The number of carbonyl (C=O) groups excluding carboxylic acids is 1. The third kappa shape index (κ3) is 3.51. The molecule has 0 bridgehead atoms. The summed E-state index contributed by atoms with van der Waals surface area (Å²) in [5, 5.41) is 13.9. The van der Waals surface area contributed by atoms with Gasteiger partial charge in [0.05, 0.1) is 0 Å². The van der Waals surface area contributed by atoms with Crippen LogP contribution >= 0.6 is 0 Å². The summed E-state index contributed by atoms with van der Waals surface area (Å²) in [5.41, 5.74) is 0.626. The van der Waals surface area contributed by atoms with E-state index in [-0.39, 0.29) is 12.6 Å². The molecule has 0 spiro atoms. The van der Waals surface area contributed by atoms with E-state index in [1.165, 1.54) is 0 Å². The topological polar surface area (TPSA) is 79.8 Å². The van der Waals surface area contributed by atoms with E-state index in [9.17, 15) is 4.79 Å². The summed E-state index contributed by atoms with van der Waals surface area (Å²) in [5.74, 6) is 0.596. The molecule has 1 aliphatic heterocycles. The molecule has 0 saturated heterocycles. The van der Waals surface area contributed by atoms with Crippen LogP contribution in [-0.2, 0) is 0 Å². The number of nitrogens with one attached hydrogen (secondary N) is 2. The molecule has 1 aliphatic rings. The molecular weight excluding hydrogens is 248 g/mol. The number of urea groups is 1. The van der Waals surface area contributed by atoms with Gasteiger partial charge < -0.3 is 25.2 Å². The van der Waals surface area contributed by atoms with E-state index in [2.05, 4.69) is 10.6 Å². The highest BCUT2D eigenvalue weighted by Gasteiger charge is 2.31. The fraction of sp³-hybridized carbons (Fsp3) is 0.462. The van der Waals surface area contributed by atoms with Crippen molar-refractivity contribution < 1.29 is 19.4 Å². The largest absolute Gasteiger partial charge is 0.449 e. The maximum atomic E-state index is 11.5. The van der Waals surface area contributed by atoms with Crippen LogP contribution in [0.1, 0.15) is 20.3 Å². The zero-order valence-corrected chi connectivity index (χ0v) is 11.0. The van der Waals surface area contributed by atoms with Crippen LogP contribution < -0.4 is 20.1 Å². The van der Waals surface area contributed by atoms with Gasteiger partial charge in [-0.15, -0.1) is 0 Å². The molecule has 0 saturated carbocycles. The molecular formula is C13H18N2O4. The van der Waals surface area contributed by atoms with Crippen LogP contribution in [0.4, 0.5) is 10.5 Å². The maximum absolute atomic E-state index is 11.5. The molecule has 0 atom stereocenters. The highest BCUT2D eigenvalue weighted by molar-refractivity contribution is 5.89. The number of hydrogen-bond acceptors (Lipinski definition) is 4. The predicted octanol–water partition coefficient (Wildman–Crippen LogP) is 1.70. The van der Waals surface area contributed by atoms with E-state index in [1.807, 2.05) is 13.8 Å². The number of carbonyl (C=O) groups is 1. The van der Waals surface area contributed by atoms with Gasteiger partial charge in [0.15, 0.2) is 11.5 Å². The Morgan fingerprint density at radius 3 is 2.79 bits per heavy atom. The number of rotatable bonds is 4. The molecule has 6 heteroatoms. The van der Waals surface area contributed by atoms with Gasteiger partial charge in [0.2, 0.25) is 5.79 Å². The van der Waals surface area contributed by atoms with Crippen LogP contribution in [0.2, 0.25) is 0 Å². The Morgan fingerprint density at radius 2 is 2.05 bits per heavy atom. The summed E-state index contributed by atoms with van der Waals surface area (Å²) in [6.45, 7) is 4.13. The molecule has 0 radical (unpaired) electrons. The Hall–Kier alpha value is -1.95. The van der Waals surface area contributed by atoms with Crippen molar-refractivity contribution in [1.29, 1.82) is 0 Å². The molecule has 104 valence electrons. The monoisotopic (exact) mass is 266 g/mol. The number of amides is 2. The van der Waals surface area contributed by atoms with Crippen molar-refractivity contribution in [3.05, 3.63) is 18.2 Å². The van der Waals surface area contributed by atoms with Gasteiger partial charge >= 0.3 is 6.03 Å². The van der Waals surface area contributed by atoms with Gasteiger partial charge in [-0.05, 0) is 18.6 Å². The summed E-state index contributed by atoms with van der Waals surface area (Å²) in [4.78, 5) is 11.5. The average Bonchev–Trinajstić information content (AvgIpc) is 2.62. The van der Waals surface area contributed by atoms with Gasteiger partial charge in [0, 0.05) is 38.8 Å². The molecule has 2 amide bonds. The highest BCUT2D eigenvalue weighted by Crippen LogP contribution is 2.40. The first-order chi connectivity index (χ1) is 9.00. The van der Waals surface area contributed by atoms with Crippen molar-refractivity contribution >= 4 is 11.7 Å². The first-order valence-electron chi connectivity index (χ1n) is 6.18. The minimum atomic E-state index is -0.676. The molecule has 2 rings (SSSR count). The van der Waals surface area contributed by atoms with E-state index >= 15 is 0 Å². The van der Waals surface area contributed by atoms with Crippen LogP contribution in [-0.4, -0.2) is 30.1 Å². The minimum absolute atomic E-state index is 0.0549. The number of anilines is 1. The average molecular weight is 266 g/mol. The van der Waals surface area contributed by atoms with Crippen molar-refractivity contribution in [1.82, 2.24) is 5.32 Å². The fourth-order valence-electron chi connectivity index (χ4n) is 1.76. The summed E-state index contributed by atoms with van der Waals surface area (Å²) in [6.07, 6.45) is 0.531. The Balaban J connectivity index is 1.95. The van der Waals surface area contributed by atoms with Gasteiger partial charge in [0.1, 0.15) is 0 Å². The Morgan fingerprint density at radius 1 is 1.32 bits per heavy atom. The zero-order valence-electron chi connectivity index (χ0n) is 11.0.